The molecule has 15 heavy (non-hydrogen) atoms. The van der Waals surface area contributed by atoms with Crippen molar-refractivity contribution in [1.29, 1.82) is 0 Å². The van der Waals surface area contributed by atoms with Crippen molar-refractivity contribution in [2.45, 2.75) is 45.1 Å². The highest BCUT2D eigenvalue weighted by molar-refractivity contribution is 5.35. The quantitative estimate of drug-likeness (QED) is 0.793. The molecule has 0 fully saturated rings. The Morgan fingerprint density at radius 3 is 2.87 bits per heavy atom. The van der Waals surface area contributed by atoms with Crippen LogP contribution in [-0.4, -0.2) is 12.6 Å². The molecule has 0 spiro atoms. The maximum absolute atomic E-state index is 3.62. The highest BCUT2D eigenvalue weighted by atomic mass is 14.9. The van der Waals surface area contributed by atoms with E-state index in [0.717, 1.165) is 12.5 Å². The summed E-state index contributed by atoms with van der Waals surface area (Å²) in [5.74, 6) is 0.742. The maximum Gasteiger partial charge on any atom is 0.0133 e. The average molecular weight is 203 g/mol. The minimum atomic E-state index is 0.665. The molecule has 0 radical (unpaired) electrons. The molecule has 1 aromatic rings. The first kappa shape index (κ1) is 10.7. The molecular formula is C14H21N. The lowest BCUT2D eigenvalue weighted by Crippen LogP contribution is -2.33. The van der Waals surface area contributed by atoms with Crippen LogP contribution >= 0.6 is 0 Å². The van der Waals surface area contributed by atoms with Crippen molar-refractivity contribution >= 4 is 0 Å². The molecule has 0 aliphatic heterocycles. The van der Waals surface area contributed by atoms with Gasteiger partial charge in [-0.15, -0.1) is 0 Å². The summed E-state index contributed by atoms with van der Waals surface area (Å²) >= 11 is 0. The van der Waals surface area contributed by atoms with Crippen molar-refractivity contribution in [3.63, 3.8) is 0 Å². The van der Waals surface area contributed by atoms with Gasteiger partial charge in [0.05, 0.1) is 0 Å². The lowest BCUT2D eigenvalue weighted by Gasteiger charge is -2.23. The summed E-state index contributed by atoms with van der Waals surface area (Å²) in [5.41, 5.74) is 3.16. The Labute approximate surface area is 92.9 Å². The Kier molecular flexibility index (Phi) is 3.42. The fourth-order valence-corrected chi connectivity index (χ4v) is 2.84. The molecule has 1 N–H and O–H groups in total. The summed E-state index contributed by atoms with van der Waals surface area (Å²) in [6.07, 6.45) is 3.82. The third-order valence-electron chi connectivity index (χ3n) is 3.57. The maximum atomic E-state index is 3.62. The Hall–Kier alpha value is -0.820. The minimum Gasteiger partial charge on any atom is -0.314 e. The van der Waals surface area contributed by atoms with Gasteiger partial charge in [-0.05, 0) is 42.9 Å². The van der Waals surface area contributed by atoms with Crippen LogP contribution in [0.2, 0.25) is 0 Å². The van der Waals surface area contributed by atoms with E-state index in [1.54, 1.807) is 11.1 Å². The fraction of sp³-hybridized carbons (Fsp3) is 0.571. The lowest BCUT2D eigenvalue weighted by atomic mass is 9.91. The number of benzene rings is 1. The number of fused-ring (bicyclic) bond motifs is 1. The molecule has 1 aromatic carbocycles. The van der Waals surface area contributed by atoms with E-state index in [0.29, 0.717) is 6.04 Å². The Morgan fingerprint density at radius 1 is 1.33 bits per heavy atom. The van der Waals surface area contributed by atoms with Crippen molar-refractivity contribution in [3.8, 4) is 0 Å². The second-order valence-corrected chi connectivity index (χ2v) is 4.42. The van der Waals surface area contributed by atoms with Crippen LogP contribution in [0.3, 0.4) is 0 Å². The second kappa shape index (κ2) is 4.80. The highest BCUT2D eigenvalue weighted by Crippen LogP contribution is 2.36. The number of likely N-dealkylation sites (N-methyl/N-ethyl adjacent to an activating group) is 1. The lowest BCUT2D eigenvalue weighted by molar-refractivity contribution is 0.426. The van der Waals surface area contributed by atoms with Crippen LogP contribution < -0.4 is 5.32 Å². The molecule has 82 valence electrons. The van der Waals surface area contributed by atoms with Crippen LogP contribution in [0.4, 0.5) is 0 Å². The van der Waals surface area contributed by atoms with Gasteiger partial charge in [0.2, 0.25) is 0 Å². The first-order chi connectivity index (χ1) is 7.36. The van der Waals surface area contributed by atoms with Gasteiger partial charge in [0.25, 0.3) is 0 Å². The van der Waals surface area contributed by atoms with Crippen molar-refractivity contribution in [1.82, 2.24) is 5.32 Å². The number of nitrogens with one attached hydrogen (secondary N) is 1. The fourth-order valence-electron chi connectivity index (χ4n) is 2.84. The molecule has 2 atom stereocenters. The van der Waals surface area contributed by atoms with Crippen LogP contribution in [-0.2, 0) is 6.42 Å². The van der Waals surface area contributed by atoms with Gasteiger partial charge in [0, 0.05) is 6.04 Å². The van der Waals surface area contributed by atoms with Gasteiger partial charge in [-0.3, -0.25) is 0 Å². The summed E-state index contributed by atoms with van der Waals surface area (Å²) in [6, 6.07) is 9.60. The first-order valence-electron chi connectivity index (χ1n) is 6.18. The van der Waals surface area contributed by atoms with Gasteiger partial charge < -0.3 is 5.32 Å². The Bertz CT molecular complexity index is 319. The predicted molar refractivity (Wildman–Crippen MR) is 65.3 cm³/mol. The van der Waals surface area contributed by atoms with E-state index in [2.05, 4.69) is 43.4 Å². The molecule has 0 saturated heterocycles. The van der Waals surface area contributed by atoms with Crippen molar-refractivity contribution in [2.75, 3.05) is 6.54 Å². The zero-order valence-electron chi connectivity index (χ0n) is 9.79. The molecule has 2 unspecified atom stereocenters. The van der Waals surface area contributed by atoms with Crippen molar-refractivity contribution in [2.24, 2.45) is 0 Å². The molecule has 0 aromatic heterocycles. The van der Waals surface area contributed by atoms with Crippen LogP contribution in [0.15, 0.2) is 24.3 Å². The van der Waals surface area contributed by atoms with Gasteiger partial charge in [0.15, 0.2) is 0 Å². The minimum absolute atomic E-state index is 0.665. The molecule has 0 amide bonds. The van der Waals surface area contributed by atoms with Crippen LogP contribution in [0.25, 0.3) is 0 Å². The monoisotopic (exact) mass is 203 g/mol. The van der Waals surface area contributed by atoms with E-state index in [1.807, 2.05) is 0 Å². The normalized spacial score (nSPS) is 21.3. The number of aryl methyl sites for hydroxylation is 1. The number of hydrogen-bond donors (Lipinski definition) is 1. The summed E-state index contributed by atoms with van der Waals surface area (Å²) in [7, 11) is 0. The van der Waals surface area contributed by atoms with Gasteiger partial charge in [-0.1, -0.05) is 38.1 Å². The third-order valence-corrected chi connectivity index (χ3v) is 3.57. The Balaban J connectivity index is 2.18. The smallest absolute Gasteiger partial charge is 0.0133 e. The molecular weight excluding hydrogens is 182 g/mol. The predicted octanol–water partition coefficient (Wildman–Crippen LogP) is 3.10. The molecule has 0 bridgehead atoms. The standard InChI is InChI=1S/C14H21N/c1-3-14(15-4-2)13-10-9-11-7-5-6-8-12(11)13/h5-8,13-15H,3-4,9-10H2,1-2H3. The van der Waals surface area contributed by atoms with Gasteiger partial charge in [-0.25, -0.2) is 0 Å². The molecule has 1 aliphatic carbocycles. The largest absolute Gasteiger partial charge is 0.314 e. The van der Waals surface area contributed by atoms with Gasteiger partial charge >= 0.3 is 0 Å². The molecule has 1 aliphatic rings. The zero-order chi connectivity index (χ0) is 10.7. The number of hydrogen-bond acceptors (Lipinski definition) is 1. The summed E-state index contributed by atoms with van der Waals surface area (Å²) in [5, 5.41) is 3.62. The van der Waals surface area contributed by atoms with Crippen molar-refractivity contribution < 1.29 is 0 Å². The van der Waals surface area contributed by atoms with E-state index in [4.69, 9.17) is 0 Å². The average Bonchev–Trinajstić information content (AvgIpc) is 2.70. The highest BCUT2D eigenvalue weighted by Gasteiger charge is 2.27. The van der Waals surface area contributed by atoms with Gasteiger partial charge in [0.1, 0.15) is 0 Å². The summed E-state index contributed by atoms with van der Waals surface area (Å²) in [6.45, 7) is 5.56. The summed E-state index contributed by atoms with van der Waals surface area (Å²) in [4.78, 5) is 0. The second-order valence-electron chi connectivity index (χ2n) is 4.42. The topological polar surface area (TPSA) is 12.0 Å². The van der Waals surface area contributed by atoms with Crippen LogP contribution in [0.1, 0.15) is 43.7 Å². The van der Waals surface area contributed by atoms with E-state index in [-0.39, 0.29) is 0 Å². The first-order valence-corrected chi connectivity index (χ1v) is 6.18. The van der Waals surface area contributed by atoms with E-state index in [9.17, 15) is 0 Å². The molecule has 0 heterocycles. The molecule has 1 nitrogen and oxygen atoms in total. The van der Waals surface area contributed by atoms with Crippen LogP contribution in [0, 0.1) is 0 Å². The molecule has 0 saturated carbocycles. The third kappa shape index (κ3) is 2.07. The van der Waals surface area contributed by atoms with Crippen LogP contribution in [0.5, 0.6) is 0 Å². The van der Waals surface area contributed by atoms with Gasteiger partial charge in [-0.2, -0.15) is 0 Å². The SMILES string of the molecule is CCNC(CC)C1CCc2ccccc21. The van der Waals surface area contributed by atoms with E-state index < -0.39 is 0 Å². The summed E-state index contributed by atoms with van der Waals surface area (Å²) < 4.78 is 0. The van der Waals surface area contributed by atoms with E-state index >= 15 is 0 Å². The zero-order valence-corrected chi connectivity index (χ0v) is 9.79. The Morgan fingerprint density at radius 2 is 2.13 bits per heavy atom. The number of rotatable bonds is 4. The van der Waals surface area contributed by atoms with E-state index in [1.165, 1.54) is 19.3 Å². The van der Waals surface area contributed by atoms with Crippen molar-refractivity contribution in [3.05, 3.63) is 35.4 Å². The molecule has 2 rings (SSSR count). The molecule has 1 heteroatoms.